The van der Waals surface area contributed by atoms with E-state index in [1.807, 2.05) is 0 Å². The number of nitrogens with one attached hydrogen (secondary N) is 1. The van der Waals surface area contributed by atoms with Crippen molar-refractivity contribution >= 4 is 17.6 Å². The number of methoxy groups -OCH3 is 1. The van der Waals surface area contributed by atoms with Gasteiger partial charge in [-0.1, -0.05) is 13.3 Å². The number of hydrogen-bond donors (Lipinski definition) is 2. The summed E-state index contributed by atoms with van der Waals surface area (Å²) in [4.78, 5) is 23.3. The third kappa shape index (κ3) is 4.97. The molecule has 0 aliphatic carbocycles. The van der Waals surface area contributed by atoms with Gasteiger partial charge in [0.1, 0.15) is 11.5 Å². The summed E-state index contributed by atoms with van der Waals surface area (Å²) < 4.78 is 10.9. The smallest absolute Gasteiger partial charge is 0.335 e. The van der Waals surface area contributed by atoms with Crippen LogP contribution in [0.5, 0.6) is 11.5 Å². The van der Waals surface area contributed by atoms with Gasteiger partial charge < -0.3 is 19.9 Å². The van der Waals surface area contributed by atoms with Crippen molar-refractivity contribution in [3.8, 4) is 11.5 Å². The molecule has 25 heavy (non-hydrogen) atoms. The van der Waals surface area contributed by atoms with Crippen molar-refractivity contribution in [1.29, 1.82) is 0 Å². The first-order valence-electron chi connectivity index (χ1n) is 8.00. The van der Waals surface area contributed by atoms with Gasteiger partial charge in [-0.05, 0) is 42.8 Å². The van der Waals surface area contributed by atoms with Crippen molar-refractivity contribution in [1.82, 2.24) is 0 Å². The van der Waals surface area contributed by atoms with Crippen LogP contribution in [0.25, 0.3) is 0 Å². The summed E-state index contributed by atoms with van der Waals surface area (Å²) in [5.74, 6) is -0.235. The number of aromatic carboxylic acids is 1. The molecule has 132 valence electrons. The van der Waals surface area contributed by atoms with Crippen molar-refractivity contribution in [3.63, 3.8) is 0 Å². The van der Waals surface area contributed by atoms with E-state index in [0.717, 1.165) is 12.8 Å². The van der Waals surface area contributed by atoms with E-state index in [-0.39, 0.29) is 11.5 Å². The lowest BCUT2D eigenvalue weighted by Crippen LogP contribution is -2.13. The van der Waals surface area contributed by atoms with E-state index in [1.165, 1.54) is 24.3 Å². The first-order valence-corrected chi connectivity index (χ1v) is 8.00. The standard InChI is InChI=1S/C19H21NO5/c1-3-4-11-25-17-10-9-15(24-2)12-16(17)20-18(21)13-5-7-14(8-6-13)19(22)23/h5-10,12H,3-4,11H2,1-2H3,(H,20,21)(H,22,23). The Labute approximate surface area is 146 Å². The third-order valence-electron chi connectivity index (χ3n) is 3.58. The van der Waals surface area contributed by atoms with Gasteiger partial charge in [-0.3, -0.25) is 4.79 Å². The zero-order chi connectivity index (χ0) is 18.2. The molecule has 0 unspecified atom stereocenters. The molecule has 0 atom stereocenters. The lowest BCUT2D eigenvalue weighted by atomic mass is 10.1. The van der Waals surface area contributed by atoms with Crippen LogP contribution in [0.1, 0.15) is 40.5 Å². The van der Waals surface area contributed by atoms with Crippen molar-refractivity contribution in [2.75, 3.05) is 19.0 Å². The molecule has 1 amide bonds. The zero-order valence-corrected chi connectivity index (χ0v) is 14.2. The van der Waals surface area contributed by atoms with Crippen LogP contribution < -0.4 is 14.8 Å². The van der Waals surface area contributed by atoms with E-state index in [2.05, 4.69) is 12.2 Å². The quantitative estimate of drug-likeness (QED) is 0.712. The zero-order valence-electron chi connectivity index (χ0n) is 14.2. The number of ether oxygens (including phenoxy) is 2. The lowest BCUT2D eigenvalue weighted by Gasteiger charge is -2.14. The Kier molecular flexibility index (Phi) is 6.39. The van der Waals surface area contributed by atoms with Crippen LogP contribution in [-0.2, 0) is 0 Å². The molecule has 6 nitrogen and oxygen atoms in total. The van der Waals surface area contributed by atoms with Gasteiger partial charge in [-0.15, -0.1) is 0 Å². The Balaban J connectivity index is 2.18. The minimum absolute atomic E-state index is 0.126. The number of amides is 1. The lowest BCUT2D eigenvalue weighted by molar-refractivity contribution is 0.0696. The molecule has 0 heterocycles. The summed E-state index contributed by atoms with van der Waals surface area (Å²) in [6, 6.07) is 10.9. The van der Waals surface area contributed by atoms with Gasteiger partial charge in [0, 0.05) is 11.6 Å². The molecule has 0 aliphatic heterocycles. The van der Waals surface area contributed by atoms with Crippen molar-refractivity contribution in [3.05, 3.63) is 53.6 Å². The molecule has 2 aromatic rings. The maximum absolute atomic E-state index is 12.4. The Morgan fingerprint density at radius 3 is 2.36 bits per heavy atom. The molecular weight excluding hydrogens is 322 g/mol. The fourth-order valence-corrected chi connectivity index (χ4v) is 2.14. The van der Waals surface area contributed by atoms with E-state index in [0.29, 0.717) is 29.4 Å². The molecule has 0 aliphatic rings. The van der Waals surface area contributed by atoms with Gasteiger partial charge in [0.15, 0.2) is 0 Å². The molecule has 0 saturated carbocycles. The average molecular weight is 343 g/mol. The SMILES string of the molecule is CCCCOc1ccc(OC)cc1NC(=O)c1ccc(C(=O)O)cc1. The van der Waals surface area contributed by atoms with Crippen LogP contribution in [0, 0.1) is 0 Å². The molecule has 0 aromatic heterocycles. The Morgan fingerprint density at radius 1 is 1.08 bits per heavy atom. The molecular formula is C19H21NO5. The Morgan fingerprint density at radius 2 is 1.76 bits per heavy atom. The summed E-state index contributed by atoms with van der Waals surface area (Å²) in [5.41, 5.74) is 0.983. The molecule has 2 N–H and O–H groups in total. The largest absolute Gasteiger partial charge is 0.497 e. The van der Waals surface area contributed by atoms with Crippen LogP contribution in [0.4, 0.5) is 5.69 Å². The van der Waals surface area contributed by atoms with Gasteiger partial charge in [0.25, 0.3) is 5.91 Å². The second kappa shape index (κ2) is 8.73. The summed E-state index contributed by atoms with van der Waals surface area (Å²) in [5, 5.41) is 11.7. The summed E-state index contributed by atoms with van der Waals surface area (Å²) in [6.45, 7) is 2.62. The summed E-state index contributed by atoms with van der Waals surface area (Å²) in [6.07, 6.45) is 1.92. The number of hydrogen-bond acceptors (Lipinski definition) is 4. The number of unbranched alkanes of at least 4 members (excludes halogenated alkanes) is 1. The minimum atomic E-state index is -1.04. The Hall–Kier alpha value is -3.02. The van der Waals surface area contributed by atoms with Gasteiger partial charge in [0.2, 0.25) is 0 Å². The highest BCUT2D eigenvalue weighted by Crippen LogP contribution is 2.30. The highest BCUT2D eigenvalue weighted by atomic mass is 16.5. The average Bonchev–Trinajstić information content (AvgIpc) is 2.63. The number of carboxylic acids is 1. The van der Waals surface area contributed by atoms with E-state index < -0.39 is 5.97 Å². The number of rotatable bonds is 8. The van der Waals surface area contributed by atoms with Gasteiger partial charge >= 0.3 is 5.97 Å². The predicted molar refractivity (Wildman–Crippen MR) is 94.8 cm³/mol. The highest BCUT2D eigenvalue weighted by Gasteiger charge is 2.12. The first-order chi connectivity index (χ1) is 12.0. The fourth-order valence-electron chi connectivity index (χ4n) is 2.14. The Bertz CT molecular complexity index is 740. The summed E-state index contributed by atoms with van der Waals surface area (Å²) >= 11 is 0. The maximum atomic E-state index is 12.4. The molecule has 0 spiro atoms. The molecule has 6 heteroatoms. The fraction of sp³-hybridized carbons (Fsp3) is 0.263. The van der Waals surface area contributed by atoms with Gasteiger partial charge in [0.05, 0.1) is 25.0 Å². The van der Waals surface area contributed by atoms with Crippen molar-refractivity contribution in [2.24, 2.45) is 0 Å². The molecule has 0 bridgehead atoms. The molecule has 0 fully saturated rings. The minimum Gasteiger partial charge on any atom is -0.497 e. The normalized spacial score (nSPS) is 10.2. The second-order valence-electron chi connectivity index (χ2n) is 5.40. The molecule has 0 saturated heterocycles. The van der Waals surface area contributed by atoms with Crippen LogP contribution in [0.2, 0.25) is 0 Å². The van der Waals surface area contributed by atoms with Gasteiger partial charge in [-0.2, -0.15) is 0 Å². The van der Waals surface area contributed by atoms with Gasteiger partial charge in [-0.25, -0.2) is 4.79 Å². The van der Waals surface area contributed by atoms with Crippen LogP contribution in [-0.4, -0.2) is 30.7 Å². The third-order valence-corrected chi connectivity index (χ3v) is 3.58. The number of benzene rings is 2. The van der Waals surface area contributed by atoms with E-state index in [4.69, 9.17) is 14.6 Å². The number of carbonyl (C=O) groups is 2. The van der Waals surface area contributed by atoms with Crippen molar-refractivity contribution < 1.29 is 24.2 Å². The van der Waals surface area contributed by atoms with Crippen LogP contribution >= 0.6 is 0 Å². The number of carboxylic acid groups (broad SMARTS) is 1. The van der Waals surface area contributed by atoms with Crippen LogP contribution in [0.3, 0.4) is 0 Å². The van der Waals surface area contributed by atoms with E-state index >= 15 is 0 Å². The van der Waals surface area contributed by atoms with E-state index in [9.17, 15) is 9.59 Å². The first kappa shape index (κ1) is 18.3. The highest BCUT2D eigenvalue weighted by molar-refractivity contribution is 6.05. The second-order valence-corrected chi connectivity index (χ2v) is 5.40. The maximum Gasteiger partial charge on any atom is 0.335 e. The monoisotopic (exact) mass is 343 g/mol. The molecule has 2 aromatic carbocycles. The van der Waals surface area contributed by atoms with Crippen molar-refractivity contribution in [2.45, 2.75) is 19.8 Å². The number of carbonyl (C=O) groups excluding carboxylic acids is 1. The molecule has 0 radical (unpaired) electrons. The van der Waals surface area contributed by atoms with E-state index in [1.54, 1.807) is 25.3 Å². The van der Waals surface area contributed by atoms with Crippen LogP contribution in [0.15, 0.2) is 42.5 Å². The topological polar surface area (TPSA) is 84.9 Å². The molecule has 2 rings (SSSR count). The predicted octanol–water partition coefficient (Wildman–Crippen LogP) is 3.82. The number of anilines is 1. The summed E-state index contributed by atoms with van der Waals surface area (Å²) in [7, 11) is 1.54.